The number of nitrogens with zero attached hydrogens (tertiary/aromatic N) is 2. The largest absolute Gasteiger partial charge is 0.440 e. The van der Waals surface area contributed by atoms with Crippen LogP contribution in [0.25, 0.3) is 22.0 Å². The van der Waals surface area contributed by atoms with Gasteiger partial charge in [-0.25, -0.2) is 4.98 Å². The minimum absolute atomic E-state index is 0.144. The molecule has 1 aliphatic heterocycles. The predicted octanol–water partition coefficient (Wildman–Crippen LogP) is 4.76. The smallest absolute Gasteiger partial charge is 0.257 e. The molecule has 8 heteroatoms. The minimum Gasteiger partial charge on any atom is -0.440 e. The number of para-hydroxylation sites is 1. The topological polar surface area (TPSA) is 91.2 Å². The lowest BCUT2D eigenvalue weighted by Gasteiger charge is -2.23. The molecule has 2 N–H and O–H groups in total. The first kappa shape index (κ1) is 20.6. The van der Waals surface area contributed by atoms with Gasteiger partial charge in [0.25, 0.3) is 5.91 Å². The van der Waals surface area contributed by atoms with Crippen LogP contribution in [0.2, 0.25) is 0 Å². The maximum absolute atomic E-state index is 13.3. The fourth-order valence-electron chi connectivity index (χ4n) is 3.81. The van der Waals surface area contributed by atoms with Gasteiger partial charge in [0, 0.05) is 34.0 Å². The summed E-state index contributed by atoms with van der Waals surface area (Å²) in [5.74, 6) is 1.34. The molecular weight excluding hydrogens is 424 g/mol. The first-order chi connectivity index (χ1) is 15.3. The molecule has 1 saturated heterocycles. The summed E-state index contributed by atoms with van der Waals surface area (Å²) in [7, 11) is 0. The molecule has 164 valence electrons. The SMILES string of the molecule is CC(C)(C)c1nc2cc(NC(=O)C3CSCN3C(=O)c3c[nH]c4ccccc34)ccc2o1. The molecule has 1 unspecified atom stereocenters. The summed E-state index contributed by atoms with van der Waals surface area (Å²) >= 11 is 1.58. The lowest BCUT2D eigenvalue weighted by molar-refractivity contribution is -0.119. The third kappa shape index (κ3) is 3.64. The number of oxazole rings is 1. The predicted molar refractivity (Wildman–Crippen MR) is 127 cm³/mol. The number of carbonyl (C=O) groups excluding carboxylic acids is 2. The van der Waals surface area contributed by atoms with Crippen molar-refractivity contribution in [2.24, 2.45) is 0 Å². The molecule has 0 bridgehead atoms. The van der Waals surface area contributed by atoms with Crippen LogP contribution in [0.3, 0.4) is 0 Å². The van der Waals surface area contributed by atoms with Crippen LogP contribution in [0.4, 0.5) is 5.69 Å². The Morgan fingerprint density at radius 1 is 1.22 bits per heavy atom. The van der Waals surface area contributed by atoms with Crippen molar-refractivity contribution in [3.8, 4) is 0 Å². The van der Waals surface area contributed by atoms with Gasteiger partial charge in [-0.05, 0) is 24.3 Å². The summed E-state index contributed by atoms with van der Waals surface area (Å²) in [6.45, 7) is 6.12. The number of fused-ring (bicyclic) bond motifs is 2. The number of amides is 2. The van der Waals surface area contributed by atoms with Crippen LogP contribution >= 0.6 is 11.8 Å². The zero-order valence-electron chi connectivity index (χ0n) is 18.1. The van der Waals surface area contributed by atoms with Crippen molar-refractivity contribution >= 4 is 51.3 Å². The number of hydrogen-bond acceptors (Lipinski definition) is 5. The van der Waals surface area contributed by atoms with E-state index in [0.29, 0.717) is 39.9 Å². The van der Waals surface area contributed by atoms with Gasteiger partial charge in [0.15, 0.2) is 5.58 Å². The summed E-state index contributed by atoms with van der Waals surface area (Å²) in [4.78, 5) is 35.7. The highest BCUT2D eigenvalue weighted by atomic mass is 32.2. The van der Waals surface area contributed by atoms with Crippen molar-refractivity contribution < 1.29 is 14.0 Å². The molecule has 2 aromatic carbocycles. The number of aromatic nitrogens is 2. The standard InChI is InChI=1S/C24H24N4O3S/c1-24(2,3)23-27-18-10-14(8-9-20(18)31-23)26-21(29)19-12-32-13-28(19)22(30)16-11-25-17-7-5-4-6-15(16)17/h4-11,19,25H,12-13H2,1-3H3,(H,26,29). The van der Waals surface area contributed by atoms with Crippen LogP contribution in [0, 0.1) is 0 Å². The molecule has 7 nitrogen and oxygen atoms in total. The monoisotopic (exact) mass is 448 g/mol. The molecule has 0 aliphatic carbocycles. The molecule has 1 fully saturated rings. The Balaban J connectivity index is 1.36. The molecule has 3 heterocycles. The number of aromatic amines is 1. The molecule has 2 aromatic heterocycles. The van der Waals surface area contributed by atoms with Crippen LogP contribution in [-0.4, -0.2) is 44.4 Å². The van der Waals surface area contributed by atoms with E-state index in [2.05, 4.69) is 15.3 Å². The highest BCUT2D eigenvalue weighted by molar-refractivity contribution is 7.99. The highest BCUT2D eigenvalue weighted by Crippen LogP contribution is 2.29. The number of rotatable bonds is 3. The van der Waals surface area contributed by atoms with Crippen LogP contribution in [0.1, 0.15) is 37.0 Å². The average molecular weight is 449 g/mol. The molecule has 1 aliphatic rings. The van der Waals surface area contributed by atoms with E-state index in [1.54, 1.807) is 35.0 Å². The number of benzene rings is 2. The van der Waals surface area contributed by atoms with E-state index >= 15 is 0 Å². The Labute approximate surface area is 189 Å². The summed E-state index contributed by atoms with van der Waals surface area (Å²) in [6.07, 6.45) is 1.72. The maximum atomic E-state index is 13.3. The normalized spacial score (nSPS) is 16.7. The van der Waals surface area contributed by atoms with Gasteiger partial charge in [-0.1, -0.05) is 39.0 Å². The summed E-state index contributed by atoms with van der Waals surface area (Å²) < 4.78 is 5.83. The number of H-pyrrole nitrogens is 1. The number of nitrogens with one attached hydrogen (secondary N) is 2. The van der Waals surface area contributed by atoms with Gasteiger partial charge >= 0.3 is 0 Å². The van der Waals surface area contributed by atoms with E-state index in [0.717, 1.165) is 10.9 Å². The van der Waals surface area contributed by atoms with Crippen molar-refractivity contribution in [3.05, 3.63) is 60.1 Å². The third-order valence-corrected chi connectivity index (χ3v) is 6.57. The number of thioether (sulfide) groups is 1. The van der Waals surface area contributed by atoms with Gasteiger partial charge in [-0.15, -0.1) is 11.8 Å². The summed E-state index contributed by atoms with van der Waals surface area (Å²) in [5.41, 5.74) is 3.29. The Kier molecular flexibility index (Phi) is 4.97. The van der Waals surface area contributed by atoms with Crippen LogP contribution < -0.4 is 5.32 Å². The van der Waals surface area contributed by atoms with Gasteiger partial charge in [0.1, 0.15) is 11.6 Å². The van der Waals surface area contributed by atoms with Crippen molar-refractivity contribution in [1.29, 1.82) is 0 Å². The molecule has 0 radical (unpaired) electrons. The average Bonchev–Trinajstić information content (AvgIpc) is 3.49. The molecule has 2 amide bonds. The first-order valence-corrected chi connectivity index (χ1v) is 11.6. The van der Waals surface area contributed by atoms with Gasteiger partial charge in [-0.3, -0.25) is 9.59 Å². The third-order valence-electron chi connectivity index (χ3n) is 5.56. The lowest BCUT2D eigenvalue weighted by atomic mass is 9.97. The van der Waals surface area contributed by atoms with Crippen LogP contribution in [0.15, 0.2) is 53.1 Å². The zero-order valence-corrected chi connectivity index (χ0v) is 19.0. The Morgan fingerprint density at radius 2 is 2.03 bits per heavy atom. The molecular formula is C24H24N4O3S. The van der Waals surface area contributed by atoms with E-state index in [1.807, 2.05) is 51.1 Å². The molecule has 4 aromatic rings. The van der Waals surface area contributed by atoms with E-state index in [4.69, 9.17) is 4.42 Å². The molecule has 0 saturated carbocycles. The van der Waals surface area contributed by atoms with Crippen LogP contribution in [0.5, 0.6) is 0 Å². The second-order valence-corrected chi connectivity index (χ2v) is 9.98. The van der Waals surface area contributed by atoms with Gasteiger partial charge < -0.3 is 19.6 Å². The van der Waals surface area contributed by atoms with Crippen molar-refractivity contribution in [2.45, 2.75) is 32.2 Å². The number of anilines is 1. The molecule has 5 rings (SSSR count). The van der Waals surface area contributed by atoms with Gasteiger partial charge in [-0.2, -0.15) is 0 Å². The van der Waals surface area contributed by atoms with Gasteiger partial charge in [0.2, 0.25) is 11.8 Å². The van der Waals surface area contributed by atoms with Crippen LogP contribution in [-0.2, 0) is 10.2 Å². The Morgan fingerprint density at radius 3 is 2.84 bits per heavy atom. The van der Waals surface area contributed by atoms with Crippen molar-refractivity contribution in [1.82, 2.24) is 14.9 Å². The lowest BCUT2D eigenvalue weighted by Crippen LogP contribution is -2.44. The van der Waals surface area contributed by atoms with E-state index in [-0.39, 0.29) is 17.2 Å². The molecule has 0 spiro atoms. The Bertz CT molecular complexity index is 1330. The van der Waals surface area contributed by atoms with Crippen molar-refractivity contribution in [2.75, 3.05) is 16.9 Å². The highest BCUT2D eigenvalue weighted by Gasteiger charge is 2.36. The fourth-order valence-corrected chi connectivity index (χ4v) is 4.97. The van der Waals surface area contributed by atoms with Crippen molar-refractivity contribution in [3.63, 3.8) is 0 Å². The molecule has 32 heavy (non-hydrogen) atoms. The minimum atomic E-state index is -0.542. The Hall–Kier alpha value is -3.26. The summed E-state index contributed by atoms with van der Waals surface area (Å²) in [5, 5.41) is 3.82. The number of carbonyl (C=O) groups is 2. The zero-order chi connectivity index (χ0) is 22.5. The second kappa shape index (κ2) is 7.70. The summed E-state index contributed by atoms with van der Waals surface area (Å²) in [6, 6.07) is 12.5. The fraction of sp³-hybridized carbons (Fsp3) is 0.292. The van der Waals surface area contributed by atoms with E-state index in [1.165, 1.54) is 0 Å². The second-order valence-electron chi connectivity index (χ2n) is 8.98. The number of hydrogen-bond donors (Lipinski definition) is 2. The molecule has 1 atom stereocenters. The van der Waals surface area contributed by atoms with E-state index < -0.39 is 6.04 Å². The first-order valence-electron chi connectivity index (χ1n) is 10.5. The quantitative estimate of drug-likeness (QED) is 0.472. The van der Waals surface area contributed by atoms with E-state index in [9.17, 15) is 9.59 Å². The maximum Gasteiger partial charge on any atom is 0.257 e. The van der Waals surface area contributed by atoms with Gasteiger partial charge in [0.05, 0.1) is 11.4 Å².